The zero-order valence-corrected chi connectivity index (χ0v) is 18.1. The summed E-state index contributed by atoms with van der Waals surface area (Å²) in [6.07, 6.45) is 7.48. The molecule has 5 atom stereocenters. The van der Waals surface area contributed by atoms with Crippen molar-refractivity contribution in [3.05, 3.63) is 53.6 Å². The molecule has 0 radical (unpaired) electrons. The maximum Gasteiger partial charge on any atom is 0.311 e. The summed E-state index contributed by atoms with van der Waals surface area (Å²) >= 11 is 7.84. The van der Waals surface area contributed by atoms with Crippen molar-refractivity contribution in [1.29, 1.82) is 0 Å². The molecule has 31 heavy (non-hydrogen) atoms. The second kappa shape index (κ2) is 7.69. The van der Waals surface area contributed by atoms with Crippen molar-refractivity contribution in [2.45, 2.75) is 16.0 Å². The number of rotatable bonds is 3. The number of hydrogen-bond donors (Lipinski definition) is 1. The van der Waals surface area contributed by atoms with Crippen molar-refractivity contribution in [2.75, 3.05) is 31.2 Å². The molecule has 162 valence electrons. The number of aliphatic hydroxyl groups excluding tert-OH is 1. The lowest BCUT2D eigenvalue weighted by atomic mass is 9.78. The van der Waals surface area contributed by atoms with Gasteiger partial charge in [0, 0.05) is 18.3 Å². The number of aliphatic hydroxyl groups is 1. The summed E-state index contributed by atoms with van der Waals surface area (Å²) in [4.78, 5) is 43.2. The Balaban J connectivity index is 1.63. The Bertz CT molecular complexity index is 1010. The van der Waals surface area contributed by atoms with Gasteiger partial charge in [-0.1, -0.05) is 48.0 Å². The van der Waals surface area contributed by atoms with E-state index in [1.165, 1.54) is 16.7 Å². The van der Waals surface area contributed by atoms with Crippen LogP contribution < -0.4 is 4.90 Å². The molecule has 1 aromatic carbocycles. The fraction of sp³-hybridized carbons (Fsp3) is 0.409. The highest BCUT2D eigenvalue weighted by atomic mass is 35.5. The fourth-order valence-electron chi connectivity index (χ4n) is 5.20. The first-order chi connectivity index (χ1) is 15.0. The van der Waals surface area contributed by atoms with Crippen molar-refractivity contribution < 1.29 is 24.2 Å². The predicted molar refractivity (Wildman–Crippen MR) is 117 cm³/mol. The van der Waals surface area contributed by atoms with Crippen molar-refractivity contribution in [3.63, 3.8) is 0 Å². The molecule has 5 rings (SSSR count). The Kier molecular flexibility index (Phi) is 5.11. The molecule has 1 spiro atoms. The SMILES string of the molecule is O=C1OCC=C[C@@H]2S[C@]34C=CCN(c5ccccc5Cl)C(=O)C3N(CCO)C(=O)[C@@H]4[C@H]12. The van der Waals surface area contributed by atoms with E-state index in [1.807, 2.05) is 18.2 Å². The zero-order valence-electron chi connectivity index (χ0n) is 16.5. The number of para-hydroxylation sites is 1. The predicted octanol–water partition coefficient (Wildman–Crippen LogP) is 1.65. The lowest BCUT2D eigenvalue weighted by molar-refractivity contribution is -0.151. The van der Waals surface area contributed by atoms with Crippen LogP contribution in [-0.2, 0) is 19.1 Å². The Morgan fingerprint density at radius 2 is 2.00 bits per heavy atom. The van der Waals surface area contributed by atoms with Crippen LogP contribution in [0.25, 0.3) is 0 Å². The molecule has 9 heteroatoms. The van der Waals surface area contributed by atoms with Gasteiger partial charge >= 0.3 is 5.97 Å². The average Bonchev–Trinajstić information content (AvgIpc) is 3.04. The first-order valence-electron chi connectivity index (χ1n) is 10.2. The van der Waals surface area contributed by atoms with Gasteiger partial charge in [-0.2, -0.15) is 0 Å². The van der Waals surface area contributed by atoms with Crippen molar-refractivity contribution in [1.82, 2.24) is 4.90 Å². The summed E-state index contributed by atoms with van der Waals surface area (Å²) in [6.45, 7) is 0.210. The number of cyclic esters (lactones) is 1. The highest BCUT2D eigenvalue weighted by molar-refractivity contribution is 8.02. The molecule has 1 N–H and O–H groups in total. The van der Waals surface area contributed by atoms with Gasteiger partial charge in [0.15, 0.2) is 0 Å². The highest BCUT2D eigenvalue weighted by Crippen LogP contribution is 2.61. The molecule has 4 heterocycles. The number of ether oxygens (including phenoxy) is 1. The van der Waals surface area contributed by atoms with Crippen LogP contribution in [0.3, 0.4) is 0 Å². The molecule has 0 aliphatic carbocycles. The average molecular weight is 461 g/mol. The number of β-amino-alcohol motifs (C(OH)–C–C–N with tert-alkyl or cyclic N) is 1. The second-order valence-electron chi connectivity index (χ2n) is 7.96. The van der Waals surface area contributed by atoms with E-state index in [2.05, 4.69) is 0 Å². The van der Waals surface area contributed by atoms with Crippen molar-refractivity contribution >= 4 is 46.8 Å². The lowest BCUT2D eigenvalue weighted by Crippen LogP contribution is -2.53. The number of esters is 1. The summed E-state index contributed by atoms with van der Waals surface area (Å²) in [5.74, 6) is -2.41. The molecule has 0 aromatic heterocycles. The van der Waals surface area contributed by atoms with E-state index < -0.39 is 28.6 Å². The largest absolute Gasteiger partial charge is 0.461 e. The van der Waals surface area contributed by atoms with Gasteiger partial charge in [0.2, 0.25) is 5.91 Å². The van der Waals surface area contributed by atoms with Gasteiger partial charge < -0.3 is 19.6 Å². The number of carbonyl (C=O) groups is 3. The Labute approximate surface area is 188 Å². The van der Waals surface area contributed by atoms with Crippen LogP contribution in [0.1, 0.15) is 0 Å². The molecule has 0 bridgehead atoms. The minimum absolute atomic E-state index is 0.0144. The topological polar surface area (TPSA) is 87.2 Å². The number of fused-ring (bicyclic) bond motifs is 2. The maximum atomic E-state index is 13.9. The van der Waals surface area contributed by atoms with Crippen LogP contribution in [0.4, 0.5) is 5.69 Å². The fourth-order valence-corrected chi connectivity index (χ4v) is 7.44. The first-order valence-corrected chi connectivity index (χ1v) is 11.4. The van der Waals surface area contributed by atoms with Gasteiger partial charge in [-0.05, 0) is 12.1 Å². The Morgan fingerprint density at radius 3 is 2.77 bits per heavy atom. The van der Waals surface area contributed by atoms with Crippen LogP contribution in [0.15, 0.2) is 48.6 Å². The third-order valence-corrected chi connectivity index (χ3v) is 8.46. The minimum Gasteiger partial charge on any atom is -0.461 e. The van der Waals surface area contributed by atoms with Gasteiger partial charge in [0.1, 0.15) is 12.6 Å². The van der Waals surface area contributed by atoms with E-state index in [0.29, 0.717) is 17.3 Å². The number of halogens is 1. The summed E-state index contributed by atoms with van der Waals surface area (Å²) in [6, 6.07) is 6.21. The van der Waals surface area contributed by atoms with Crippen molar-refractivity contribution in [3.8, 4) is 0 Å². The number of carbonyl (C=O) groups excluding carboxylic acids is 3. The smallest absolute Gasteiger partial charge is 0.311 e. The third-order valence-electron chi connectivity index (χ3n) is 6.40. The number of anilines is 1. The van der Waals surface area contributed by atoms with Crippen LogP contribution >= 0.6 is 23.4 Å². The summed E-state index contributed by atoms with van der Waals surface area (Å²) in [5, 5.41) is 9.82. The van der Waals surface area contributed by atoms with E-state index >= 15 is 0 Å². The molecule has 4 aliphatic heterocycles. The number of amides is 2. The molecule has 7 nitrogen and oxygen atoms in total. The normalized spacial score (nSPS) is 34.2. The highest BCUT2D eigenvalue weighted by Gasteiger charge is 2.71. The van der Waals surface area contributed by atoms with Crippen LogP contribution in [0, 0.1) is 11.8 Å². The lowest BCUT2D eigenvalue weighted by Gasteiger charge is -2.35. The molecular weight excluding hydrogens is 440 g/mol. The summed E-state index contributed by atoms with van der Waals surface area (Å²) in [5.41, 5.74) is 0.562. The van der Waals surface area contributed by atoms with Gasteiger partial charge in [0.25, 0.3) is 5.91 Å². The monoisotopic (exact) mass is 460 g/mol. The summed E-state index contributed by atoms with van der Waals surface area (Å²) in [7, 11) is 0. The number of thioether (sulfide) groups is 1. The van der Waals surface area contributed by atoms with Crippen LogP contribution in [-0.4, -0.2) is 70.1 Å². The maximum absolute atomic E-state index is 13.9. The molecule has 4 aliphatic rings. The summed E-state index contributed by atoms with van der Waals surface area (Å²) < 4.78 is 4.39. The molecule has 2 fully saturated rings. The quantitative estimate of drug-likeness (QED) is 0.545. The number of likely N-dealkylation sites (tertiary alicyclic amines) is 1. The van der Waals surface area contributed by atoms with Gasteiger partial charge in [0.05, 0.1) is 33.9 Å². The van der Waals surface area contributed by atoms with E-state index in [9.17, 15) is 19.5 Å². The molecular formula is C22H21ClN2O5S. The molecule has 1 unspecified atom stereocenters. The van der Waals surface area contributed by atoms with E-state index in [-0.39, 0.29) is 36.8 Å². The van der Waals surface area contributed by atoms with Gasteiger partial charge in [-0.25, -0.2) is 0 Å². The minimum atomic E-state index is -0.921. The first kappa shape index (κ1) is 20.6. The van der Waals surface area contributed by atoms with E-state index in [1.54, 1.807) is 35.2 Å². The van der Waals surface area contributed by atoms with Crippen LogP contribution in [0.5, 0.6) is 0 Å². The molecule has 0 saturated carbocycles. The van der Waals surface area contributed by atoms with E-state index in [0.717, 1.165) is 0 Å². The van der Waals surface area contributed by atoms with Gasteiger partial charge in [-0.3, -0.25) is 14.4 Å². The van der Waals surface area contributed by atoms with E-state index in [4.69, 9.17) is 16.3 Å². The molecule has 2 amide bonds. The standard InChI is InChI=1S/C22H21ClN2O5S/c23-13-5-1-2-6-14(13)24-9-4-8-22-17(16-15(31-22)7-3-12-30-21(16)29)19(27)25(10-11-26)18(22)20(24)28/h1-8,15-18,26H,9-12H2/t15-,16+,17-,18?,22-/m0/s1. The molecule has 2 saturated heterocycles. The zero-order chi connectivity index (χ0) is 21.8. The van der Waals surface area contributed by atoms with Crippen molar-refractivity contribution in [2.24, 2.45) is 11.8 Å². The van der Waals surface area contributed by atoms with Crippen LogP contribution in [0.2, 0.25) is 5.02 Å². The number of nitrogens with zero attached hydrogens (tertiary/aromatic N) is 2. The van der Waals surface area contributed by atoms with Gasteiger partial charge in [-0.15, -0.1) is 11.8 Å². The molecule has 1 aromatic rings. The number of benzene rings is 1. The Hall–Kier alpha value is -2.29. The number of hydrogen-bond acceptors (Lipinski definition) is 6. The second-order valence-corrected chi connectivity index (χ2v) is 9.85. The Morgan fingerprint density at radius 1 is 1.19 bits per heavy atom. The third kappa shape index (κ3) is 2.96.